The Balaban J connectivity index is 1.51. The maximum absolute atomic E-state index is 14.5. The summed E-state index contributed by atoms with van der Waals surface area (Å²) in [5, 5.41) is 14.4. The van der Waals surface area contributed by atoms with Crippen molar-refractivity contribution in [2.24, 2.45) is 0 Å². The Morgan fingerprint density at radius 2 is 1.75 bits per heavy atom. The van der Waals surface area contributed by atoms with Crippen molar-refractivity contribution in [3.05, 3.63) is 59.8 Å². The van der Waals surface area contributed by atoms with Crippen LogP contribution in [0.2, 0.25) is 5.02 Å². The number of alkyl halides is 3. The van der Waals surface area contributed by atoms with Crippen molar-refractivity contribution in [2.45, 2.75) is 38.6 Å². The lowest BCUT2D eigenvalue weighted by Gasteiger charge is -2.26. The number of hydrogen-bond donors (Lipinski definition) is 2. The van der Waals surface area contributed by atoms with E-state index in [9.17, 15) is 26.7 Å². The summed E-state index contributed by atoms with van der Waals surface area (Å²) in [4.78, 5) is 13.6. The summed E-state index contributed by atoms with van der Waals surface area (Å²) < 4.78 is 73.7. The first-order valence-electron chi connectivity index (χ1n) is 13.9. The first-order valence-corrected chi connectivity index (χ1v) is 16.1. The van der Waals surface area contributed by atoms with Gasteiger partial charge >= 0.3 is 6.18 Å². The van der Waals surface area contributed by atoms with Crippen LogP contribution in [0.25, 0.3) is 33.8 Å². The van der Waals surface area contributed by atoms with Crippen LogP contribution in [0, 0.1) is 0 Å². The number of rotatable bonds is 10. The number of nitrogens with zero attached hydrogens (tertiary/aromatic N) is 5. The third kappa shape index (κ3) is 7.25. The van der Waals surface area contributed by atoms with E-state index in [2.05, 4.69) is 20.1 Å². The highest BCUT2D eigenvalue weighted by atomic mass is 35.5. The minimum Gasteiger partial charge on any atom is -0.491 e. The normalized spacial score (nSPS) is 15.9. The number of sulfone groups is 1. The second-order valence-electron chi connectivity index (χ2n) is 11.2. The van der Waals surface area contributed by atoms with Gasteiger partial charge in [-0.1, -0.05) is 23.7 Å². The molecule has 4 aromatic rings. The molecule has 1 aromatic carbocycles. The SMILES string of the molecule is CC(C)(O)CCn1ncc(-c2[nH]cc(-c3cccc(OCCN4CCS(=O)(=O)CC4)c3Cl)c2-c2ncccn2)c1C(F)(F)F. The van der Waals surface area contributed by atoms with Crippen molar-refractivity contribution in [2.75, 3.05) is 37.7 Å². The molecule has 0 radical (unpaired) electrons. The van der Waals surface area contributed by atoms with E-state index in [0.717, 1.165) is 10.9 Å². The molecule has 0 aliphatic carbocycles. The lowest BCUT2D eigenvalue weighted by atomic mass is 9.98. The van der Waals surface area contributed by atoms with Gasteiger partial charge in [0.25, 0.3) is 0 Å². The van der Waals surface area contributed by atoms with Gasteiger partial charge in [0.1, 0.15) is 12.4 Å². The fraction of sp³-hybridized carbons (Fsp3) is 0.414. The average molecular weight is 653 g/mol. The minimum atomic E-state index is -4.75. The number of hydrogen-bond acceptors (Lipinski definition) is 8. The molecular weight excluding hydrogens is 621 g/mol. The monoisotopic (exact) mass is 652 g/mol. The highest BCUT2D eigenvalue weighted by molar-refractivity contribution is 7.91. The van der Waals surface area contributed by atoms with E-state index < -0.39 is 27.3 Å². The number of aromatic amines is 1. The molecule has 0 spiro atoms. The molecule has 0 saturated carbocycles. The number of benzene rings is 1. The number of aryl methyl sites for hydroxylation is 1. The maximum Gasteiger partial charge on any atom is 0.433 e. The van der Waals surface area contributed by atoms with Crippen LogP contribution >= 0.6 is 11.6 Å². The van der Waals surface area contributed by atoms with Crippen molar-refractivity contribution >= 4 is 21.4 Å². The predicted octanol–water partition coefficient (Wildman–Crippen LogP) is 4.94. The Kier molecular flexibility index (Phi) is 9.08. The van der Waals surface area contributed by atoms with Gasteiger partial charge in [0, 0.05) is 61.5 Å². The molecule has 1 fully saturated rings. The molecule has 1 aliphatic heterocycles. The van der Waals surface area contributed by atoms with Crippen LogP contribution in [0.4, 0.5) is 13.2 Å². The summed E-state index contributed by atoms with van der Waals surface area (Å²) in [6, 6.07) is 6.74. The molecular formula is C29H32ClF3N6O4S. The van der Waals surface area contributed by atoms with Gasteiger partial charge in [-0.05, 0) is 32.4 Å². The van der Waals surface area contributed by atoms with E-state index in [1.807, 2.05) is 4.90 Å². The maximum atomic E-state index is 14.5. The Hall–Kier alpha value is -3.46. The van der Waals surface area contributed by atoms with Gasteiger partial charge in [0.2, 0.25) is 0 Å². The Labute approximate surface area is 257 Å². The zero-order valence-electron chi connectivity index (χ0n) is 24.1. The van der Waals surface area contributed by atoms with Gasteiger partial charge in [0.15, 0.2) is 21.4 Å². The number of ether oxygens (including phenoxy) is 1. The van der Waals surface area contributed by atoms with Gasteiger partial charge in [0.05, 0.1) is 39.6 Å². The first-order chi connectivity index (χ1) is 20.7. The van der Waals surface area contributed by atoms with Crippen LogP contribution in [-0.2, 0) is 22.6 Å². The fourth-order valence-corrected chi connectivity index (χ4v) is 6.57. The number of aromatic nitrogens is 5. The Morgan fingerprint density at radius 3 is 2.41 bits per heavy atom. The molecule has 15 heteroatoms. The van der Waals surface area contributed by atoms with Crippen molar-refractivity contribution in [3.63, 3.8) is 0 Å². The second-order valence-corrected chi connectivity index (χ2v) is 13.9. The lowest BCUT2D eigenvalue weighted by molar-refractivity contribution is -0.144. The summed E-state index contributed by atoms with van der Waals surface area (Å²) in [6.07, 6.45) is 0.980. The molecule has 1 aliphatic rings. The summed E-state index contributed by atoms with van der Waals surface area (Å²) >= 11 is 6.82. The average Bonchev–Trinajstić information content (AvgIpc) is 3.58. The third-order valence-electron chi connectivity index (χ3n) is 7.34. The van der Waals surface area contributed by atoms with Crippen LogP contribution in [0.1, 0.15) is 26.0 Å². The lowest BCUT2D eigenvalue weighted by Crippen LogP contribution is -2.42. The molecule has 3 aromatic heterocycles. The van der Waals surface area contributed by atoms with Gasteiger partial charge in [-0.2, -0.15) is 18.3 Å². The highest BCUT2D eigenvalue weighted by Crippen LogP contribution is 2.46. The van der Waals surface area contributed by atoms with E-state index >= 15 is 0 Å². The summed E-state index contributed by atoms with van der Waals surface area (Å²) in [5.41, 5.74) is -1.01. The highest BCUT2D eigenvalue weighted by Gasteiger charge is 2.40. The quantitative estimate of drug-likeness (QED) is 0.247. The molecule has 10 nitrogen and oxygen atoms in total. The molecule has 4 heterocycles. The number of H-pyrrole nitrogens is 1. The molecule has 0 unspecified atom stereocenters. The van der Waals surface area contributed by atoms with E-state index in [4.69, 9.17) is 16.3 Å². The molecule has 0 bridgehead atoms. The van der Waals surface area contributed by atoms with Gasteiger partial charge in [-0.15, -0.1) is 0 Å². The molecule has 0 amide bonds. The number of halogens is 4. The van der Waals surface area contributed by atoms with Crippen molar-refractivity contribution in [1.29, 1.82) is 0 Å². The Bertz CT molecular complexity index is 1700. The Morgan fingerprint density at radius 1 is 1.05 bits per heavy atom. The molecule has 2 N–H and O–H groups in total. The number of nitrogens with one attached hydrogen (secondary N) is 1. The minimum absolute atomic E-state index is 0.0566. The second kappa shape index (κ2) is 12.5. The fourth-order valence-electron chi connectivity index (χ4n) is 5.01. The van der Waals surface area contributed by atoms with E-state index in [0.29, 0.717) is 42.1 Å². The van der Waals surface area contributed by atoms with Crippen LogP contribution in [0.5, 0.6) is 5.75 Å². The van der Waals surface area contributed by atoms with Gasteiger partial charge < -0.3 is 14.8 Å². The largest absolute Gasteiger partial charge is 0.491 e. The predicted molar refractivity (Wildman–Crippen MR) is 160 cm³/mol. The van der Waals surface area contributed by atoms with Crippen LogP contribution < -0.4 is 4.74 Å². The number of aliphatic hydroxyl groups is 1. The van der Waals surface area contributed by atoms with Gasteiger partial charge in [-0.3, -0.25) is 9.58 Å². The molecule has 44 heavy (non-hydrogen) atoms. The van der Waals surface area contributed by atoms with E-state index in [-0.39, 0.29) is 53.2 Å². The summed E-state index contributed by atoms with van der Waals surface area (Å²) in [6.45, 7) is 4.52. The van der Waals surface area contributed by atoms with Gasteiger partial charge in [-0.25, -0.2) is 18.4 Å². The van der Waals surface area contributed by atoms with Crippen molar-refractivity contribution < 1.29 is 31.4 Å². The smallest absolute Gasteiger partial charge is 0.433 e. The molecule has 5 rings (SSSR count). The zero-order valence-corrected chi connectivity index (χ0v) is 25.7. The van der Waals surface area contributed by atoms with E-state index in [1.165, 1.54) is 26.2 Å². The standard InChI is InChI=1S/C29H32ClF3N6O4S/c1-28(2,40)7-10-39-26(29(31,32)33)21(18-37-39)25-23(27-34-8-4-9-35-27)20(17-36-25)19-5-3-6-22(24(19)30)43-14-11-38-12-15-44(41,42)16-13-38/h3-6,8-9,17-18,36,40H,7,10-16H2,1-2H3. The molecule has 236 valence electrons. The third-order valence-corrected chi connectivity index (χ3v) is 9.34. The van der Waals surface area contributed by atoms with Crippen molar-refractivity contribution in [3.8, 4) is 39.5 Å². The topological polar surface area (TPSA) is 126 Å². The summed E-state index contributed by atoms with van der Waals surface area (Å²) in [7, 11) is -2.99. The van der Waals surface area contributed by atoms with Crippen molar-refractivity contribution in [1.82, 2.24) is 29.6 Å². The van der Waals surface area contributed by atoms with E-state index in [1.54, 1.807) is 30.5 Å². The van der Waals surface area contributed by atoms with Crippen LogP contribution in [0.15, 0.2) is 49.1 Å². The first kappa shape index (κ1) is 31.9. The molecule has 1 saturated heterocycles. The summed E-state index contributed by atoms with van der Waals surface area (Å²) in [5.74, 6) is 0.765. The zero-order chi connectivity index (χ0) is 31.7. The van der Waals surface area contributed by atoms with Crippen LogP contribution in [-0.4, -0.2) is 86.5 Å². The molecule has 0 atom stereocenters. The van der Waals surface area contributed by atoms with Crippen LogP contribution in [0.3, 0.4) is 0 Å².